The molecule has 3 aromatic rings. The number of rotatable bonds is 6. The van der Waals surface area contributed by atoms with Crippen LogP contribution in [0.5, 0.6) is 5.75 Å². The molecule has 0 bridgehead atoms. The zero-order valence-electron chi connectivity index (χ0n) is 18.9. The molecule has 4 rings (SSSR count). The van der Waals surface area contributed by atoms with Crippen molar-refractivity contribution in [3.05, 3.63) is 75.7 Å². The first-order valence-corrected chi connectivity index (χ1v) is 12.2. The van der Waals surface area contributed by atoms with Crippen LogP contribution in [0.3, 0.4) is 0 Å². The van der Waals surface area contributed by atoms with Gasteiger partial charge in [0.05, 0.1) is 5.56 Å². The third-order valence-electron chi connectivity index (χ3n) is 5.82. The molecule has 1 aliphatic rings. The number of para-hydroxylation sites is 2. The summed E-state index contributed by atoms with van der Waals surface area (Å²) in [4.78, 5) is 19.6. The van der Waals surface area contributed by atoms with E-state index < -0.39 is 0 Å². The first-order chi connectivity index (χ1) is 16.2. The lowest BCUT2D eigenvalue weighted by atomic mass is 9.96. The lowest BCUT2D eigenvalue weighted by molar-refractivity contribution is 0.102. The molecule has 0 saturated carbocycles. The van der Waals surface area contributed by atoms with Gasteiger partial charge in [-0.05, 0) is 61.9 Å². The van der Waals surface area contributed by atoms with Crippen molar-refractivity contribution in [3.8, 4) is 18.1 Å². The third kappa shape index (κ3) is 5.53. The Hall–Kier alpha value is -3.36. The molecule has 1 aliphatic carbocycles. The summed E-state index contributed by atoms with van der Waals surface area (Å²) >= 11 is 1.64. The van der Waals surface area contributed by atoms with E-state index >= 15 is 0 Å². The highest BCUT2D eigenvalue weighted by atomic mass is 32.1. The van der Waals surface area contributed by atoms with Crippen LogP contribution in [0.4, 0.5) is 10.7 Å². The van der Waals surface area contributed by atoms with Crippen LogP contribution in [0.2, 0.25) is 0 Å². The van der Waals surface area contributed by atoms with Crippen LogP contribution in [0, 0.1) is 19.3 Å². The largest absolute Gasteiger partial charge is 0.480 e. The number of fused-ring (bicyclic) bond motifs is 1. The van der Waals surface area contributed by atoms with E-state index in [1.165, 1.54) is 17.7 Å². The number of aliphatic imine (C=N–C) groups is 1. The van der Waals surface area contributed by atoms with E-state index in [9.17, 15) is 4.79 Å². The lowest BCUT2D eigenvalue weighted by Crippen LogP contribution is -2.15. The highest BCUT2D eigenvalue weighted by Gasteiger charge is 2.24. The van der Waals surface area contributed by atoms with Crippen molar-refractivity contribution < 1.29 is 9.53 Å². The minimum atomic E-state index is -0.0913. The van der Waals surface area contributed by atoms with Gasteiger partial charge in [-0.15, -0.1) is 17.8 Å². The van der Waals surface area contributed by atoms with Crippen molar-refractivity contribution in [2.24, 2.45) is 4.99 Å². The number of thiophene rings is 1. The van der Waals surface area contributed by atoms with Gasteiger partial charge in [0.15, 0.2) is 0 Å². The van der Waals surface area contributed by atoms with Crippen LogP contribution < -0.4 is 10.1 Å². The molecule has 0 atom stereocenters. The average molecular weight is 457 g/mol. The molecule has 0 saturated heterocycles. The Morgan fingerprint density at radius 2 is 1.88 bits per heavy atom. The molecule has 0 spiro atoms. The van der Waals surface area contributed by atoms with Gasteiger partial charge in [-0.2, -0.15) is 0 Å². The lowest BCUT2D eigenvalue weighted by Gasteiger charge is -2.12. The number of nitrogens with one attached hydrogen (secondary N) is 1. The predicted octanol–water partition coefficient (Wildman–Crippen LogP) is 6.73. The standard InChI is InChI=1S/C28H28N2O2S/c1-3-18-32-24-16-11-9-13-21(24)19-29-28-26(22-14-6-4-5-7-17-25(22)33-28)27(31)30-23-15-10-8-12-20(23)2/h1,8-13,15-16,19H,4-7,14,17-18H2,2H3,(H,30,31). The van der Waals surface area contributed by atoms with E-state index in [0.717, 1.165) is 53.1 Å². The fourth-order valence-electron chi connectivity index (χ4n) is 4.09. The number of carbonyl (C=O) groups is 1. The van der Waals surface area contributed by atoms with Gasteiger partial charge in [-0.1, -0.05) is 49.1 Å². The summed E-state index contributed by atoms with van der Waals surface area (Å²) in [5, 5.41) is 3.87. The van der Waals surface area contributed by atoms with Crippen LogP contribution in [-0.2, 0) is 12.8 Å². The van der Waals surface area contributed by atoms with E-state index in [1.807, 2.05) is 55.5 Å². The molecule has 0 radical (unpaired) electrons. The molecule has 2 aromatic carbocycles. The van der Waals surface area contributed by atoms with Gasteiger partial charge >= 0.3 is 0 Å². The van der Waals surface area contributed by atoms with Gasteiger partial charge in [-0.3, -0.25) is 4.79 Å². The van der Waals surface area contributed by atoms with Crippen molar-refractivity contribution in [3.63, 3.8) is 0 Å². The molecular weight excluding hydrogens is 428 g/mol. The first-order valence-electron chi connectivity index (χ1n) is 11.4. The zero-order chi connectivity index (χ0) is 23.0. The molecule has 0 unspecified atom stereocenters. The van der Waals surface area contributed by atoms with Crippen LogP contribution in [0.25, 0.3) is 0 Å². The molecule has 1 amide bonds. The fourth-order valence-corrected chi connectivity index (χ4v) is 5.32. The Kier molecular flexibility index (Phi) is 7.59. The number of carbonyl (C=O) groups excluding carboxylic acids is 1. The second-order valence-corrected chi connectivity index (χ2v) is 9.24. The number of ether oxygens (including phenoxy) is 1. The van der Waals surface area contributed by atoms with Gasteiger partial charge in [-0.25, -0.2) is 4.99 Å². The number of terminal acetylenes is 1. The summed E-state index contributed by atoms with van der Waals surface area (Å²) in [6, 6.07) is 15.5. The number of amides is 1. The number of hydrogen-bond acceptors (Lipinski definition) is 4. The Balaban J connectivity index is 1.71. The average Bonchev–Trinajstić information content (AvgIpc) is 3.14. The Morgan fingerprint density at radius 1 is 1.12 bits per heavy atom. The second-order valence-electron chi connectivity index (χ2n) is 8.16. The summed E-state index contributed by atoms with van der Waals surface area (Å²) in [6.07, 6.45) is 13.7. The number of anilines is 1. The van der Waals surface area contributed by atoms with E-state index in [2.05, 4.69) is 11.2 Å². The number of nitrogens with zero attached hydrogens (tertiary/aromatic N) is 1. The van der Waals surface area contributed by atoms with Gasteiger partial charge < -0.3 is 10.1 Å². The summed E-state index contributed by atoms with van der Waals surface area (Å²) in [7, 11) is 0. The van der Waals surface area contributed by atoms with Gasteiger partial charge in [0.25, 0.3) is 5.91 Å². The number of benzene rings is 2. The Labute approximate surface area is 199 Å². The molecule has 4 nitrogen and oxygen atoms in total. The maximum atomic E-state index is 13.5. The van der Waals surface area contributed by atoms with Crippen molar-refractivity contribution in [2.75, 3.05) is 11.9 Å². The minimum Gasteiger partial charge on any atom is -0.480 e. The SMILES string of the molecule is C#CCOc1ccccc1C=Nc1sc2c(c1C(=O)Nc1ccccc1C)CCCCCC2. The van der Waals surface area contributed by atoms with Gasteiger partial charge in [0.1, 0.15) is 17.4 Å². The summed E-state index contributed by atoms with van der Waals surface area (Å²) < 4.78 is 5.66. The topological polar surface area (TPSA) is 50.7 Å². The van der Waals surface area contributed by atoms with E-state index in [0.29, 0.717) is 11.3 Å². The molecule has 5 heteroatoms. The van der Waals surface area contributed by atoms with Crippen molar-refractivity contribution >= 4 is 34.1 Å². The Bertz CT molecular complexity index is 1200. The molecule has 1 aromatic heterocycles. The van der Waals surface area contributed by atoms with Crippen LogP contribution >= 0.6 is 11.3 Å². The van der Waals surface area contributed by atoms with Crippen molar-refractivity contribution in [1.82, 2.24) is 0 Å². The van der Waals surface area contributed by atoms with Crippen LogP contribution in [0.15, 0.2) is 53.5 Å². The van der Waals surface area contributed by atoms with Crippen LogP contribution in [0.1, 0.15) is 57.6 Å². The normalized spacial score (nSPS) is 13.6. The molecule has 1 N–H and O–H groups in total. The Morgan fingerprint density at radius 3 is 2.70 bits per heavy atom. The molecule has 1 heterocycles. The zero-order valence-corrected chi connectivity index (χ0v) is 19.7. The van der Waals surface area contributed by atoms with Crippen molar-refractivity contribution in [2.45, 2.75) is 45.4 Å². The van der Waals surface area contributed by atoms with E-state index in [4.69, 9.17) is 16.2 Å². The van der Waals surface area contributed by atoms with E-state index in [1.54, 1.807) is 17.6 Å². The highest BCUT2D eigenvalue weighted by Crippen LogP contribution is 2.39. The molecule has 168 valence electrons. The fraction of sp³-hybridized carbons (Fsp3) is 0.286. The number of hydrogen-bond donors (Lipinski definition) is 1. The quantitative estimate of drug-likeness (QED) is 0.330. The minimum absolute atomic E-state index is 0.0913. The predicted molar refractivity (Wildman–Crippen MR) is 137 cm³/mol. The first kappa shape index (κ1) is 22.8. The molecular formula is C28H28N2O2S. The summed E-state index contributed by atoms with van der Waals surface area (Å²) in [5.41, 5.74) is 4.57. The summed E-state index contributed by atoms with van der Waals surface area (Å²) in [6.45, 7) is 2.20. The summed E-state index contributed by atoms with van der Waals surface area (Å²) in [5.74, 6) is 3.09. The molecule has 33 heavy (non-hydrogen) atoms. The smallest absolute Gasteiger partial charge is 0.259 e. The number of aryl methyl sites for hydroxylation is 2. The maximum absolute atomic E-state index is 13.5. The van der Waals surface area contributed by atoms with Crippen molar-refractivity contribution in [1.29, 1.82) is 0 Å². The second kappa shape index (κ2) is 11.0. The molecule has 0 fully saturated rings. The monoisotopic (exact) mass is 456 g/mol. The maximum Gasteiger partial charge on any atom is 0.259 e. The molecule has 0 aliphatic heterocycles. The van der Waals surface area contributed by atoms with Gasteiger partial charge in [0.2, 0.25) is 0 Å². The van der Waals surface area contributed by atoms with E-state index in [-0.39, 0.29) is 12.5 Å². The van der Waals surface area contributed by atoms with Gasteiger partial charge in [0, 0.05) is 22.3 Å². The third-order valence-corrected chi connectivity index (χ3v) is 7.02. The highest BCUT2D eigenvalue weighted by molar-refractivity contribution is 7.16. The van der Waals surface area contributed by atoms with Crippen LogP contribution in [-0.4, -0.2) is 18.7 Å².